The first-order chi connectivity index (χ1) is 6.41. The number of carbonyl (C=O) groups is 1. The Labute approximate surface area is 129 Å². The molecule has 0 unspecified atom stereocenters. The molecule has 0 radical (unpaired) electrons. The molecule has 6 heteroatoms. The van der Waals surface area contributed by atoms with Gasteiger partial charge in [-0.15, -0.1) is 5.47 Å². The fraction of sp³-hybridized carbons (Fsp3) is 0.667. The Morgan fingerprint density at radius 2 is 1.80 bits per heavy atom. The summed E-state index contributed by atoms with van der Waals surface area (Å²) in [6.07, 6.45) is 3.73. The van der Waals surface area contributed by atoms with Crippen molar-refractivity contribution in [2.24, 2.45) is 5.41 Å². The first kappa shape index (κ1) is 14.0. The minimum absolute atomic E-state index is 0. The standard InChI is InChI=1S/C9H11BF3O.K/c11-10(12,13)7-4-8(14)6-9(5-7)2-1-3-9;/h4H,1-3,5-6H2;/q-1;+1. The summed E-state index contributed by atoms with van der Waals surface area (Å²) in [5.74, 6) is -0.342. The molecule has 0 aliphatic heterocycles. The van der Waals surface area contributed by atoms with Gasteiger partial charge in [0.1, 0.15) is 0 Å². The van der Waals surface area contributed by atoms with Crippen molar-refractivity contribution < 1.29 is 69.1 Å². The summed E-state index contributed by atoms with van der Waals surface area (Å²) in [6.45, 7) is -4.95. The van der Waals surface area contributed by atoms with Gasteiger partial charge >= 0.3 is 58.4 Å². The van der Waals surface area contributed by atoms with Gasteiger partial charge in [0.05, 0.1) is 0 Å². The fourth-order valence-corrected chi connectivity index (χ4v) is 2.41. The SMILES string of the molecule is O=C1C=C([B-](F)(F)F)CC2(CCC2)C1.[K+]. The van der Waals surface area contributed by atoms with E-state index in [2.05, 4.69) is 0 Å². The maximum absolute atomic E-state index is 12.5. The van der Waals surface area contributed by atoms with Crippen molar-refractivity contribution in [1.29, 1.82) is 0 Å². The van der Waals surface area contributed by atoms with Crippen molar-refractivity contribution in [1.82, 2.24) is 0 Å². The molecule has 2 aliphatic rings. The van der Waals surface area contributed by atoms with Crippen LogP contribution in [0.15, 0.2) is 11.5 Å². The quantitative estimate of drug-likeness (QED) is 0.584. The zero-order chi connectivity index (χ0) is 10.4. The van der Waals surface area contributed by atoms with Crippen LogP contribution in [0.5, 0.6) is 0 Å². The van der Waals surface area contributed by atoms with Gasteiger partial charge in [0.15, 0.2) is 5.78 Å². The van der Waals surface area contributed by atoms with Gasteiger partial charge in [-0.3, -0.25) is 4.79 Å². The number of hydrogen-bond acceptors (Lipinski definition) is 1. The van der Waals surface area contributed by atoms with Crippen molar-refractivity contribution in [3.05, 3.63) is 11.5 Å². The van der Waals surface area contributed by atoms with E-state index in [0.717, 1.165) is 25.3 Å². The van der Waals surface area contributed by atoms with Crippen LogP contribution in [0, 0.1) is 5.41 Å². The molecule has 78 valence electrons. The van der Waals surface area contributed by atoms with Crippen LogP contribution < -0.4 is 51.4 Å². The predicted molar refractivity (Wildman–Crippen MR) is 47.7 cm³/mol. The Kier molecular flexibility index (Phi) is 4.32. The minimum atomic E-state index is -4.95. The summed E-state index contributed by atoms with van der Waals surface area (Å²) in [5, 5.41) is 0. The summed E-state index contributed by atoms with van der Waals surface area (Å²) >= 11 is 0. The number of rotatable bonds is 1. The van der Waals surface area contributed by atoms with E-state index in [1.54, 1.807) is 0 Å². The van der Waals surface area contributed by atoms with Crippen LogP contribution in [0.3, 0.4) is 0 Å². The topological polar surface area (TPSA) is 17.1 Å². The van der Waals surface area contributed by atoms with Crippen molar-refractivity contribution in [3.63, 3.8) is 0 Å². The van der Waals surface area contributed by atoms with Crippen LogP contribution in [0.2, 0.25) is 0 Å². The average Bonchev–Trinajstić information content (AvgIpc) is 1.98. The minimum Gasteiger partial charge on any atom is -0.445 e. The largest absolute Gasteiger partial charge is 1.00 e. The Bertz CT molecular complexity index is 307. The van der Waals surface area contributed by atoms with Crippen LogP contribution >= 0.6 is 0 Å². The molecule has 1 saturated carbocycles. The molecule has 1 fully saturated rings. The molecule has 0 aromatic heterocycles. The van der Waals surface area contributed by atoms with Gasteiger partial charge in [0.2, 0.25) is 0 Å². The molecule has 0 atom stereocenters. The van der Waals surface area contributed by atoms with Crippen molar-refractivity contribution in [2.45, 2.75) is 32.1 Å². The first-order valence-corrected chi connectivity index (χ1v) is 4.85. The summed E-state index contributed by atoms with van der Waals surface area (Å²) < 4.78 is 37.4. The number of allylic oxidation sites excluding steroid dienone is 2. The maximum Gasteiger partial charge on any atom is 1.00 e. The summed E-state index contributed by atoms with van der Waals surface area (Å²) in [4.78, 5) is 11.2. The monoisotopic (exact) mass is 242 g/mol. The second kappa shape index (κ2) is 4.64. The summed E-state index contributed by atoms with van der Waals surface area (Å²) in [6, 6.07) is 0. The molecule has 0 heterocycles. The zero-order valence-corrected chi connectivity index (χ0v) is 11.9. The van der Waals surface area contributed by atoms with Crippen LogP contribution in [0.1, 0.15) is 32.1 Å². The molecular formula is C9H11BF3KO. The predicted octanol–water partition coefficient (Wildman–Crippen LogP) is -0.163. The fourth-order valence-electron chi connectivity index (χ4n) is 2.41. The Balaban J connectivity index is 0.00000112. The van der Waals surface area contributed by atoms with Gasteiger partial charge in [-0.25, -0.2) is 0 Å². The molecule has 0 bridgehead atoms. The zero-order valence-electron chi connectivity index (χ0n) is 8.73. The van der Waals surface area contributed by atoms with Crippen molar-refractivity contribution in [2.75, 3.05) is 0 Å². The Morgan fingerprint density at radius 1 is 1.20 bits per heavy atom. The molecule has 0 amide bonds. The third-order valence-corrected chi connectivity index (χ3v) is 3.31. The third-order valence-electron chi connectivity index (χ3n) is 3.31. The van der Waals surface area contributed by atoms with Crippen LogP contribution in [-0.2, 0) is 4.79 Å². The van der Waals surface area contributed by atoms with E-state index in [9.17, 15) is 17.7 Å². The van der Waals surface area contributed by atoms with E-state index < -0.39 is 12.4 Å². The van der Waals surface area contributed by atoms with Gasteiger partial charge in [-0.05, 0) is 24.3 Å². The van der Waals surface area contributed by atoms with E-state index in [0.29, 0.717) is 6.42 Å². The van der Waals surface area contributed by atoms with Crippen molar-refractivity contribution >= 4 is 12.8 Å². The van der Waals surface area contributed by atoms with E-state index in [1.807, 2.05) is 0 Å². The van der Waals surface area contributed by atoms with E-state index in [-0.39, 0.29) is 69.0 Å². The Hall–Kier alpha value is 0.901. The molecule has 2 aliphatic carbocycles. The number of halogens is 3. The molecule has 0 aromatic rings. The molecule has 1 spiro atoms. The smallest absolute Gasteiger partial charge is 0.445 e. The Morgan fingerprint density at radius 3 is 2.20 bits per heavy atom. The van der Waals surface area contributed by atoms with E-state index in [4.69, 9.17) is 0 Å². The second-order valence-corrected chi connectivity index (χ2v) is 4.47. The maximum atomic E-state index is 12.5. The third kappa shape index (κ3) is 2.97. The molecule has 2 rings (SSSR count). The molecule has 0 N–H and O–H groups in total. The van der Waals surface area contributed by atoms with Gasteiger partial charge in [0, 0.05) is 6.42 Å². The van der Waals surface area contributed by atoms with E-state index in [1.165, 1.54) is 0 Å². The van der Waals surface area contributed by atoms with Gasteiger partial charge in [-0.2, -0.15) is 0 Å². The van der Waals surface area contributed by atoms with Crippen LogP contribution in [-0.4, -0.2) is 12.8 Å². The molecule has 15 heavy (non-hydrogen) atoms. The molecular weight excluding hydrogens is 231 g/mol. The first-order valence-electron chi connectivity index (χ1n) is 4.85. The van der Waals surface area contributed by atoms with Crippen molar-refractivity contribution in [3.8, 4) is 0 Å². The number of carbonyl (C=O) groups excluding carboxylic acids is 1. The van der Waals surface area contributed by atoms with Crippen LogP contribution in [0.25, 0.3) is 0 Å². The van der Waals surface area contributed by atoms with Crippen LogP contribution in [0.4, 0.5) is 12.9 Å². The second-order valence-electron chi connectivity index (χ2n) is 4.47. The summed E-state index contributed by atoms with van der Waals surface area (Å²) in [7, 11) is 0. The molecule has 0 aromatic carbocycles. The average molecular weight is 242 g/mol. The molecule has 1 nitrogen and oxygen atoms in total. The molecule has 0 saturated heterocycles. The normalized spacial score (nSPS) is 24.2. The number of ketones is 1. The van der Waals surface area contributed by atoms with Gasteiger partial charge < -0.3 is 12.9 Å². The van der Waals surface area contributed by atoms with Gasteiger partial charge in [-0.1, -0.05) is 12.8 Å². The van der Waals surface area contributed by atoms with Gasteiger partial charge in [0.25, 0.3) is 0 Å². The number of hydrogen-bond donors (Lipinski definition) is 0. The summed E-state index contributed by atoms with van der Waals surface area (Å²) in [5.41, 5.74) is -0.890. The van der Waals surface area contributed by atoms with E-state index >= 15 is 0 Å².